The van der Waals surface area contributed by atoms with E-state index in [1.807, 2.05) is 0 Å². The fourth-order valence-electron chi connectivity index (χ4n) is 1.96. The van der Waals surface area contributed by atoms with E-state index < -0.39 is 11.8 Å². The van der Waals surface area contributed by atoms with E-state index in [4.69, 9.17) is 5.11 Å². The zero-order valence-corrected chi connectivity index (χ0v) is 10.8. The summed E-state index contributed by atoms with van der Waals surface area (Å²) in [7, 11) is 1.69. The molecule has 0 atom stereocenters. The summed E-state index contributed by atoms with van der Waals surface area (Å²) in [4.78, 5) is 12.8. The van der Waals surface area contributed by atoms with Crippen LogP contribution >= 0.6 is 0 Å². The summed E-state index contributed by atoms with van der Waals surface area (Å²) >= 11 is 0. The van der Waals surface area contributed by atoms with Crippen molar-refractivity contribution < 1.29 is 18.7 Å². The Bertz CT molecular complexity index is 644. The van der Waals surface area contributed by atoms with Gasteiger partial charge in [0.25, 0.3) is 0 Å². The number of carboxylic acid groups (broad SMARTS) is 1. The summed E-state index contributed by atoms with van der Waals surface area (Å²) in [6.45, 7) is 0.169. The second-order valence-electron chi connectivity index (χ2n) is 4.44. The van der Waals surface area contributed by atoms with Gasteiger partial charge in [-0.15, -0.1) is 0 Å². The van der Waals surface area contributed by atoms with Crippen LogP contribution in [0.4, 0.5) is 14.5 Å². The van der Waals surface area contributed by atoms with Gasteiger partial charge in [0, 0.05) is 19.3 Å². The van der Waals surface area contributed by atoms with Crippen LogP contribution in [0.25, 0.3) is 0 Å². The Kier molecular flexibility index (Phi) is 3.98. The molecule has 104 valence electrons. The van der Waals surface area contributed by atoms with Gasteiger partial charge in [-0.2, -0.15) is 0 Å². The molecule has 2 aromatic carbocycles. The molecule has 2 rings (SSSR count). The van der Waals surface area contributed by atoms with Gasteiger partial charge in [-0.25, -0.2) is 13.6 Å². The Morgan fingerprint density at radius 1 is 1.15 bits per heavy atom. The minimum Gasteiger partial charge on any atom is -0.478 e. The fourth-order valence-corrected chi connectivity index (χ4v) is 1.96. The van der Waals surface area contributed by atoms with Gasteiger partial charge < -0.3 is 10.0 Å². The molecule has 2 aromatic rings. The largest absolute Gasteiger partial charge is 0.478 e. The number of anilines is 1. The van der Waals surface area contributed by atoms with Crippen molar-refractivity contribution in [3.8, 4) is 0 Å². The highest BCUT2D eigenvalue weighted by Gasteiger charge is 2.13. The summed E-state index contributed by atoms with van der Waals surface area (Å²) in [6, 6.07) is 9.43. The molecule has 0 bridgehead atoms. The van der Waals surface area contributed by atoms with E-state index in [0.29, 0.717) is 11.3 Å². The van der Waals surface area contributed by atoms with Gasteiger partial charge >= 0.3 is 5.97 Å². The van der Waals surface area contributed by atoms with Crippen molar-refractivity contribution in [2.24, 2.45) is 0 Å². The van der Waals surface area contributed by atoms with E-state index in [0.717, 1.165) is 6.07 Å². The first-order valence-electron chi connectivity index (χ1n) is 5.96. The van der Waals surface area contributed by atoms with Gasteiger partial charge in [0.05, 0.1) is 5.56 Å². The summed E-state index contributed by atoms with van der Waals surface area (Å²) in [5, 5.41) is 9.08. The van der Waals surface area contributed by atoms with Gasteiger partial charge in [0.2, 0.25) is 0 Å². The van der Waals surface area contributed by atoms with Gasteiger partial charge in [-0.1, -0.05) is 6.07 Å². The zero-order chi connectivity index (χ0) is 14.7. The predicted octanol–water partition coefficient (Wildman–Crippen LogP) is 3.30. The Morgan fingerprint density at radius 2 is 1.85 bits per heavy atom. The minimum absolute atomic E-state index is 0.0367. The third-order valence-corrected chi connectivity index (χ3v) is 2.95. The van der Waals surface area contributed by atoms with E-state index in [1.165, 1.54) is 24.3 Å². The molecule has 0 spiro atoms. The number of nitrogens with zero attached hydrogens (tertiary/aromatic N) is 1. The second kappa shape index (κ2) is 5.69. The SMILES string of the molecule is CN(Cc1cc(F)ccc1C(=O)O)c1cccc(F)c1. The number of aromatic carboxylic acids is 1. The van der Waals surface area contributed by atoms with Gasteiger partial charge in [-0.3, -0.25) is 0 Å². The van der Waals surface area contributed by atoms with Crippen LogP contribution < -0.4 is 4.90 Å². The molecule has 0 unspecified atom stereocenters. The number of carboxylic acids is 1. The lowest BCUT2D eigenvalue weighted by Gasteiger charge is -2.20. The summed E-state index contributed by atoms with van der Waals surface area (Å²) in [6.07, 6.45) is 0. The standard InChI is InChI=1S/C15H13F2NO2/c1-18(13-4-2-3-11(16)8-13)9-10-7-12(17)5-6-14(10)15(19)20/h2-8H,9H2,1H3,(H,19,20). The second-order valence-corrected chi connectivity index (χ2v) is 4.44. The van der Waals surface area contributed by atoms with Gasteiger partial charge in [-0.05, 0) is 42.0 Å². The van der Waals surface area contributed by atoms with Crippen LogP contribution in [0, 0.1) is 11.6 Å². The molecule has 0 amide bonds. The van der Waals surface area contributed by atoms with E-state index in [2.05, 4.69) is 0 Å². The Hall–Kier alpha value is -2.43. The molecule has 20 heavy (non-hydrogen) atoms. The molecule has 0 fully saturated rings. The molecule has 5 heteroatoms. The quantitative estimate of drug-likeness (QED) is 0.932. The highest BCUT2D eigenvalue weighted by Crippen LogP contribution is 2.19. The van der Waals surface area contributed by atoms with Crippen molar-refractivity contribution in [2.45, 2.75) is 6.54 Å². The lowest BCUT2D eigenvalue weighted by molar-refractivity contribution is 0.0695. The Balaban J connectivity index is 2.29. The summed E-state index contributed by atoms with van der Waals surface area (Å²) in [5.74, 6) is -2.00. The third kappa shape index (κ3) is 3.12. The van der Waals surface area contributed by atoms with Crippen molar-refractivity contribution in [1.29, 1.82) is 0 Å². The number of benzene rings is 2. The smallest absolute Gasteiger partial charge is 0.336 e. The molecule has 0 aromatic heterocycles. The minimum atomic E-state index is -1.12. The first kappa shape index (κ1) is 14.0. The number of carbonyl (C=O) groups is 1. The molecule has 3 nitrogen and oxygen atoms in total. The van der Waals surface area contributed by atoms with Crippen molar-refractivity contribution in [3.63, 3.8) is 0 Å². The maximum absolute atomic E-state index is 13.3. The molecule has 0 aliphatic heterocycles. The molecule has 0 saturated carbocycles. The maximum Gasteiger partial charge on any atom is 0.336 e. The van der Waals surface area contributed by atoms with Crippen LogP contribution in [0.2, 0.25) is 0 Å². The molecule has 0 aliphatic rings. The normalized spacial score (nSPS) is 10.3. The van der Waals surface area contributed by atoms with Gasteiger partial charge in [0.1, 0.15) is 11.6 Å². The predicted molar refractivity (Wildman–Crippen MR) is 71.9 cm³/mol. The number of halogens is 2. The molecular weight excluding hydrogens is 264 g/mol. The third-order valence-electron chi connectivity index (χ3n) is 2.95. The van der Waals surface area contributed by atoms with Crippen molar-refractivity contribution in [3.05, 3.63) is 65.2 Å². The lowest BCUT2D eigenvalue weighted by Crippen LogP contribution is -2.18. The van der Waals surface area contributed by atoms with Crippen molar-refractivity contribution in [2.75, 3.05) is 11.9 Å². The number of rotatable bonds is 4. The number of hydrogen-bond donors (Lipinski definition) is 1. The maximum atomic E-state index is 13.3. The average molecular weight is 277 g/mol. The van der Waals surface area contributed by atoms with Crippen LogP contribution in [0.5, 0.6) is 0 Å². The highest BCUT2D eigenvalue weighted by atomic mass is 19.1. The topological polar surface area (TPSA) is 40.5 Å². The molecule has 0 heterocycles. The zero-order valence-electron chi connectivity index (χ0n) is 10.8. The van der Waals surface area contributed by atoms with Crippen LogP contribution in [0.3, 0.4) is 0 Å². The van der Waals surface area contributed by atoms with E-state index in [-0.39, 0.29) is 17.9 Å². The average Bonchev–Trinajstić information content (AvgIpc) is 2.38. The molecule has 0 aliphatic carbocycles. The molecule has 1 N–H and O–H groups in total. The Morgan fingerprint density at radius 3 is 2.50 bits per heavy atom. The Labute approximate surface area is 115 Å². The van der Waals surface area contributed by atoms with Crippen LogP contribution in [-0.4, -0.2) is 18.1 Å². The highest BCUT2D eigenvalue weighted by molar-refractivity contribution is 5.89. The summed E-state index contributed by atoms with van der Waals surface area (Å²) in [5.41, 5.74) is 0.963. The summed E-state index contributed by atoms with van der Waals surface area (Å²) < 4.78 is 26.4. The van der Waals surface area contributed by atoms with Gasteiger partial charge in [0.15, 0.2) is 0 Å². The van der Waals surface area contributed by atoms with Crippen LogP contribution in [0.15, 0.2) is 42.5 Å². The lowest BCUT2D eigenvalue weighted by atomic mass is 10.1. The molecule has 0 radical (unpaired) electrons. The molecular formula is C15H13F2NO2. The van der Waals surface area contributed by atoms with Crippen LogP contribution in [-0.2, 0) is 6.54 Å². The monoisotopic (exact) mass is 277 g/mol. The van der Waals surface area contributed by atoms with E-state index in [1.54, 1.807) is 24.1 Å². The first-order chi connectivity index (χ1) is 9.47. The van der Waals surface area contributed by atoms with Crippen molar-refractivity contribution >= 4 is 11.7 Å². The van der Waals surface area contributed by atoms with Crippen molar-refractivity contribution in [1.82, 2.24) is 0 Å². The number of hydrogen-bond acceptors (Lipinski definition) is 2. The first-order valence-corrected chi connectivity index (χ1v) is 5.96. The van der Waals surface area contributed by atoms with E-state index >= 15 is 0 Å². The van der Waals surface area contributed by atoms with Crippen LogP contribution in [0.1, 0.15) is 15.9 Å². The van der Waals surface area contributed by atoms with E-state index in [9.17, 15) is 13.6 Å². The molecule has 0 saturated heterocycles. The fraction of sp³-hybridized carbons (Fsp3) is 0.133.